The smallest absolute Gasteiger partial charge is 0.339 e. The van der Waals surface area contributed by atoms with Gasteiger partial charge in [0.15, 0.2) is 11.2 Å². The van der Waals surface area contributed by atoms with Gasteiger partial charge in [0.05, 0.1) is 46.4 Å². The lowest BCUT2D eigenvalue weighted by Crippen LogP contribution is -2.55. The molecule has 2 aromatic rings. The third-order valence-electron chi connectivity index (χ3n) is 16.7. The predicted octanol–water partition coefficient (Wildman–Crippen LogP) is 12.8. The van der Waals surface area contributed by atoms with Gasteiger partial charge in [-0.25, -0.2) is 19.2 Å². The number of carboxylic acid groups (broad SMARTS) is 1. The van der Waals surface area contributed by atoms with E-state index in [0.29, 0.717) is 74.8 Å². The van der Waals surface area contributed by atoms with E-state index in [1.54, 1.807) is 48.6 Å². The number of amides is 2. The molecular weight excluding hydrogens is 1220 g/mol. The third-order valence-corrected chi connectivity index (χ3v) is 16.7. The topological polar surface area (TPSA) is 286 Å². The molecule has 0 saturated carbocycles. The Bertz CT molecular complexity index is 2500. The van der Waals surface area contributed by atoms with Gasteiger partial charge < -0.3 is 59.1 Å². The molecule has 0 bridgehead atoms. The Labute approximate surface area is 568 Å². The number of nitrogens with one attached hydrogen (secondary N) is 2. The van der Waals surface area contributed by atoms with E-state index in [0.717, 1.165) is 121 Å². The summed E-state index contributed by atoms with van der Waals surface area (Å²) in [6.07, 6.45) is 31.9. The molecule has 2 amide bonds. The van der Waals surface area contributed by atoms with Crippen LogP contribution in [0.3, 0.4) is 0 Å². The van der Waals surface area contributed by atoms with Crippen LogP contribution in [-0.4, -0.2) is 148 Å². The molecule has 0 aromatic heterocycles. The number of benzene rings is 2. The summed E-state index contributed by atoms with van der Waals surface area (Å²) in [6.45, 7) is 9.62. The fraction of sp³-hybridized carbons (Fsp3) is 0.680. The maximum absolute atomic E-state index is 13.8. The van der Waals surface area contributed by atoms with E-state index in [9.17, 15) is 53.7 Å². The summed E-state index contributed by atoms with van der Waals surface area (Å²) >= 11 is 0. The van der Waals surface area contributed by atoms with Crippen LogP contribution in [0.5, 0.6) is 11.5 Å². The quantitative estimate of drug-likeness (QED) is 0.0178. The molecule has 0 fully saturated rings. The minimum absolute atomic E-state index is 0.00616. The van der Waals surface area contributed by atoms with E-state index in [2.05, 4.69) is 38.3 Å². The summed E-state index contributed by atoms with van der Waals surface area (Å²) in [5, 5.41) is 38.1. The molecule has 0 spiro atoms. The van der Waals surface area contributed by atoms with Gasteiger partial charge in [-0.15, -0.1) is 0 Å². The van der Waals surface area contributed by atoms with Crippen LogP contribution in [0.2, 0.25) is 0 Å². The number of hydrogen-bond acceptors (Lipinski definition) is 17. The van der Waals surface area contributed by atoms with Crippen molar-refractivity contribution in [3.63, 3.8) is 0 Å². The molecule has 0 radical (unpaired) electrons. The summed E-state index contributed by atoms with van der Waals surface area (Å²) < 4.78 is 36.4. The number of carbonyl (C=O) groups excluding carboxylic acids is 7. The second-order valence-corrected chi connectivity index (χ2v) is 24.5. The summed E-state index contributed by atoms with van der Waals surface area (Å²) in [7, 11) is 6.39. The Morgan fingerprint density at radius 3 is 1.09 bits per heavy atom. The number of hydrogen-bond donors (Lipinski definition) is 5. The van der Waals surface area contributed by atoms with E-state index in [1.165, 1.54) is 79.1 Å². The van der Waals surface area contributed by atoms with Crippen molar-refractivity contribution in [2.75, 3.05) is 62.0 Å². The van der Waals surface area contributed by atoms with Crippen molar-refractivity contribution >= 4 is 47.3 Å². The Morgan fingerprint density at radius 2 is 0.768 bits per heavy atom. The van der Waals surface area contributed by atoms with E-state index in [-0.39, 0.29) is 38.9 Å². The minimum Gasteiger partial charge on any atom is -0.494 e. The first kappa shape index (κ1) is 86.5. The van der Waals surface area contributed by atoms with Gasteiger partial charge in [-0.3, -0.25) is 19.2 Å². The number of carbonyl (C=O) groups is 8. The van der Waals surface area contributed by atoms with Crippen LogP contribution in [0.25, 0.3) is 0 Å². The number of ketones is 2. The van der Waals surface area contributed by atoms with Crippen molar-refractivity contribution in [3.8, 4) is 11.5 Å². The number of rotatable bonds is 56. The SMILES string of the molecule is CCCCCCCC(=O)CCCCCC/C=C/[C@H](C(=O)N[C@@H](Cc1ccc(OCCCC)cc1)C(=O)OC)[C@@](O)(CCOC)C(=O)O.CCCCCCCC(=O)CCCCCC/C=C/[C@H](C(=O)N[C@@H](Cc1ccc(OCCCC)cc1)C(=O)OC)[C@@](O)(CCOC)C(=O)OC. The molecule has 0 aliphatic carbocycles. The van der Waals surface area contributed by atoms with E-state index in [4.69, 9.17) is 33.2 Å². The van der Waals surface area contributed by atoms with Gasteiger partial charge in [0.1, 0.15) is 35.1 Å². The van der Waals surface area contributed by atoms with Gasteiger partial charge in [-0.2, -0.15) is 0 Å². The van der Waals surface area contributed by atoms with Crippen LogP contribution in [0.4, 0.5) is 0 Å². The predicted molar refractivity (Wildman–Crippen MR) is 369 cm³/mol. The first-order chi connectivity index (χ1) is 45.8. The number of methoxy groups -OCH3 is 5. The van der Waals surface area contributed by atoms with Gasteiger partial charge in [-0.05, 0) is 99.6 Å². The minimum atomic E-state index is -2.47. The van der Waals surface area contributed by atoms with E-state index in [1.807, 2.05) is 12.1 Å². The molecule has 0 unspecified atom stereocenters. The van der Waals surface area contributed by atoms with Crippen molar-refractivity contribution in [1.29, 1.82) is 0 Å². The standard InChI is InChI=1S/C38H61NO9.C37H59NO9/c1-6-8-10-13-16-19-31(40)20-17-14-11-12-15-18-21-33(38(44,26-28-45-3)37(43)47-5)35(41)39-34(36(42)46-4)29-30-22-24-32(25-23-30)48-27-9-7-2;1-5-7-9-12-15-18-30(39)19-16-13-10-11-14-17-20-32(37(44,36(42)43)25-27-45-3)34(40)38-33(35(41)46-4)28-29-21-23-31(24-22-29)47-26-8-6-2/h18,21-25,33-34,44H,6-17,19-20,26-29H2,1-5H3,(H,39,41);17,20-24,32-33,44H,5-16,18-19,25-28H2,1-4H3,(H,38,40)(H,42,43)/b21-18+;20-17+/t33-,34+,38+;32-,33+,37+/m11/s1. The molecule has 0 heterocycles. The highest BCUT2D eigenvalue weighted by Gasteiger charge is 2.49. The molecule has 2 rings (SSSR count). The second kappa shape index (κ2) is 53.6. The monoisotopic (exact) mass is 1340 g/mol. The molecule has 0 aliphatic rings. The van der Waals surface area contributed by atoms with Gasteiger partial charge in [-0.1, -0.05) is 166 Å². The fourth-order valence-corrected chi connectivity index (χ4v) is 10.6. The average Bonchev–Trinajstić information content (AvgIpc) is 0.850. The molecular formula is C75H120N2O18. The van der Waals surface area contributed by atoms with Crippen LogP contribution >= 0.6 is 0 Å². The van der Waals surface area contributed by atoms with E-state index >= 15 is 0 Å². The average molecular weight is 1340 g/mol. The van der Waals surface area contributed by atoms with Gasteiger partial charge in [0, 0.05) is 78.8 Å². The summed E-state index contributed by atoms with van der Waals surface area (Å²) in [5.74, 6) is -6.26. The van der Waals surface area contributed by atoms with Crippen molar-refractivity contribution in [2.24, 2.45) is 11.8 Å². The first-order valence-electron chi connectivity index (χ1n) is 35.1. The largest absolute Gasteiger partial charge is 0.494 e. The van der Waals surface area contributed by atoms with Crippen LogP contribution in [0, 0.1) is 11.8 Å². The Balaban J connectivity index is 0.000000950. The number of unbranched alkanes of at least 4 members (excludes halogenated alkanes) is 18. The van der Waals surface area contributed by atoms with Crippen LogP contribution in [0.1, 0.15) is 231 Å². The van der Waals surface area contributed by atoms with Crippen molar-refractivity contribution < 1.29 is 86.8 Å². The number of carboxylic acids is 1. The maximum atomic E-state index is 13.8. The molecule has 538 valence electrons. The van der Waals surface area contributed by atoms with Gasteiger partial charge in [0.25, 0.3) is 0 Å². The summed E-state index contributed by atoms with van der Waals surface area (Å²) in [4.78, 5) is 102. The number of esters is 3. The van der Waals surface area contributed by atoms with Crippen LogP contribution in [-0.2, 0) is 74.9 Å². The summed E-state index contributed by atoms with van der Waals surface area (Å²) in [5.41, 5.74) is -3.21. The summed E-state index contributed by atoms with van der Waals surface area (Å²) in [6, 6.07) is 12.2. The highest BCUT2D eigenvalue weighted by atomic mass is 16.5. The van der Waals surface area contributed by atoms with Crippen LogP contribution < -0.4 is 20.1 Å². The van der Waals surface area contributed by atoms with Crippen molar-refractivity contribution in [1.82, 2.24) is 10.6 Å². The molecule has 6 atom stereocenters. The number of allylic oxidation sites excluding steroid dienone is 2. The van der Waals surface area contributed by atoms with E-state index < -0.39 is 70.8 Å². The lowest BCUT2D eigenvalue weighted by molar-refractivity contribution is -0.172. The lowest BCUT2D eigenvalue weighted by atomic mass is 9.83. The molecule has 2 aromatic carbocycles. The van der Waals surface area contributed by atoms with Crippen molar-refractivity contribution in [2.45, 2.75) is 256 Å². The highest BCUT2D eigenvalue weighted by Crippen LogP contribution is 2.29. The fourth-order valence-electron chi connectivity index (χ4n) is 10.6. The molecule has 20 nitrogen and oxygen atoms in total. The van der Waals surface area contributed by atoms with Gasteiger partial charge >= 0.3 is 23.9 Å². The van der Waals surface area contributed by atoms with Gasteiger partial charge in [0.2, 0.25) is 11.8 Å². The number of ether oxygens (including phenoxy) is 7. The first-order valence-corrected chi connectivity index (χ1v) is 35.1. The lowest BCUT2D eigenvalue weighted by Gasteiger charge is -2.32. The maximum Gasteiger partial charge on any atom is 0.339 e. The van der Waals surface area contributed by atoms with Crippen molar-refractivity contribution in [3.05, 3.63) is 84.0 Å². The Kier molecular flexibility index (Phi) is 48.9. The second-order valence-electron chi connectivity index (χ2n) is 24.5. The molecule has 5 N–H and O–H groups in total. The number of aliphatic carboxylic acids is 1. The Hall–Kier alpha value is -6.48. The molecule has 0 saturated heterocycles. The molecule has 20 heteroatoms. The highest BCUT2D eigenvalue weighted by molar-refractivity contribution is 5.94. The molecule has 0 aliphatic heterocycles. The normalized spacial score (nSPS) is 13.8. The number of Topliss-reactive ketones (excluding diaryl/α,β-unsaturated/α-hetero) is 2. The zero-order chi connectivity index (χ0) is 70.5. The zero-order valence-electron chi connectivity index (χ0n) is 59.2. The zero-order valence-corrected chi connectivity index (χ0v) is 59.2. The number of aliphatic hydroxyl groups is 2. The molecule has 95 heavy (non-hydrogen) atoms. The third kappa shape index (κ3) is 37.0. The Morgan fingerprint density at radius 1 is 0.432 bits per heavy atom. The van der Waals surface area contributed by atoms with Crippen LogP contribution in [0.15, 0.2) is 72.8 Å².